The molecule has 4 heteroatoms. The lowest BCUT2D eigenvalue weighted by Crippen LogP contribution is -2.20. The molecule has 4 nitrogen and oxygen atoms in total. The first kappa shape index (κ1) is 13.3. The number of carbonyl (C=O) groups excluding carboxylic acids is 2. The standard InChI is InChI=1S/C15H17NO3/c1-2-19-15(18)13(10-16-12-8-9-12)14(17)11-6-4-3-5-7-11/h3-7,10,12,16H,2,8-9H2,1H3. The lowest BCUT2D eigenvalue weighted by molar-refractivity contribution is -0.138. The number of Topliss-reactive ketones (excluding diaryl/α,β-unsaturated/α-hetero) is 1. The highest BCUT2D eigenvalue weighted by Crippen LogP contribution is 2.19. The predicted octanol–water partition coefficient (Wildman–Crippen LogP) is 2.07. The molecule has 1 aliphatic rings. The molecule has 0 amide bonds. The lowest BCUT2D eigenvalue weighted by Gasteiger charge is -2.07. The largest absolute Gasteiger partial charge is 0.462 e. The summed E-state index contributed by atoms with van der Waals surface area (Å²) in [6.07, 6.45) is 3.64. The van der Waals surface area contributed by atoms with Gasteiger partial charge in [-0.2, -0.15) is 0 Å². The first-order valence-electron chi connectivity index (χ1n) is 6.45. The van der Waals surface area contributed by atoms with Gasteiger partial charge in [-0.25, -0.2) is 4.79 Å². The molecule has 0 unspecified atom stereocenters. The van der Waals surface area contributed by atoms with Crippen molar-refractivity contribution >= 4 is 11.8 Å². The van der Waals surface area contributed by atoms with Crippen LogP contribution in [0.1, 0.15) is 30.1 Å². The number of carbonyl (C=O) groups is 2. The molecule has 1 fully saturated rings. The number of hydrogen-bond donors (Lipinski definition) is 1. The van der Waals surface area contributed by atoms with Gasteiger partial charge in [0.1, 0.15) is 5.57 Å². The van der Waals surface area contributed by atoms with Crippen LogP contribution in [-0.2, 0) is 9.53 Å². The van der Waals surface area contributed by atoms with E-state index in [1.165, 1.54) is 6.20 Å². The molecule has 1 aromatic rings. The van der Waals surface area contributed by atoms with Crippen LogP contribution in [-0.4, -0.2) is 24.4 Å². The molecule has 0 heterocycles. The number of hydrogen-bond acceptors (Lipinski definition) is 4. The molecule has 0 radical (unpaired) electrons. The third-order valence-corrected chi connectivity index (χ3v) is 2.82. The van der Waals surface area contributed by atoms with Crippen LogP contribution < -0.4 is 5.32 Å². The zero-order valence-electron chi connectivity index (χ0n) is 10.9. The van der Waals surface area contributed by atoms with Gasteiger partial charge in [0, 0.05) is 17.8 Å². The maximum Gasteiger partial charge on any atom is 0.343 e. The second-order valence-electron chi connectivity index (χ2n) is 4.41. The van der Waals surface area contributed by atoms with E-state index in [1.54, 1.807) is 31.2 Å². The fourth-order valence-corrected chi connectivity index (χ4v) is 1.62. The maximum atomic E-state index is 12.3. The van der Waals surface area contributed by atoms with Crippen molar-refractivity contribution in [2.45, 2.75) is 25.8 Å². The topological polar surface area (TPSA) is 55.4 Å². The van der Waals surface area contributed by atoms with Crippen molar-refractivity contribution in [3.05, 3.63) is 47.7 Å². The average molecular weight is 259 g/mol. The minimum absolute atomic E-state index is 0.0555. The van der Waals surface area contributed by atoms with Crippen LogP contribution in [0.5, 0.6) is 0 Å². The zero-order chi connectivity index (χ0) is 13.7. The summed E-state index contributed by atoms with van der Waals surface area (Å²) in [5.41, 5.74) is 0.541. The maximum absolute atomic E-state index is 12.3. The Balaban J connectivity index is 2.18. The van der Waals surface area contributed by atoms with E-state index in [9.17, 15) is 9.59 Å². The molecule has 100 valence electrons. The molecule has 0 aromatic heterocycles. The highest BCUT2D eigenvalue weighted by atomic mass is 16.5. The summed E-state index contributed by atoms with van der Waals surface area (Å²) < 4.78 is 4.93. The van der Waals surface area contributed by atoms with Gasteiger partial charge in [-0.05, 0) is 19.8 Å². The van der Waals surface area contributed by atoms with Gasteiger partial charge >= 0.3 is 5.97 Å². The summed E-state index contributed by atoms with van der Waals surface area (Å²) >= 11 is 0. The second-order valence-corrected chi connectivity index (χ2v) is 4.41. The smallest absolute Gasteiger partial charge is 0.343 e. The average Bonchev–Trinajstić information content (AvgIpc) is 3.24. The lowest BCUT2D eigenvalue weighted by atomic mass is 10.0. The predicted molar refractivity (Wildman–Crippen MR) is 71.6 cm³/mol. The van der Waals surface area contributed by atoms with Crippen molar-refractivity contribution in [2.75, 3.05) is 6.61 Å². The Labute approximate surface area is 112 Å². The van der Waals surface area contributed by atoms with E-state index in [2.05, 4.69) is 5.32 Å². The quantitative estimate of drug-likeness (QED) is 0.279. The van der Waals surface area contributed by atoms with E-state index in [0.29, 0.717) is 11.6 Å². The minimum Gasteiger partial charge on any atom is -0.462 e. The van der Waals surface area contributed by atoms with Crippen molar-refractivity contribution < 1.29 is 14.3 Å². The number of esters is 1. The Kier molecular flexibility index (Phi) is 4.34. The van der Waals surface area contributed by atoms with Gasteiger partial charge < -0.3 is 10.1 Å². The molecule has 0 atom stereocenters. The Hall–Kier alpha value is -2.10. The molecular weight excluding hydrogens is 242 g/mol. The Morgan fingerprint density at radius 3 is 2.58 bits per heavy atom. The molecule has 0 aliphatic heterocycles. The van der Waals surface area contributed by atoms with Crippen molar-refractivity contribution in [1.29, 1.82) is 0 Å². The normalized spacial score (nSPS) is 14.9. The molecule has 0 saturated heterocycles. The van der Waals surface area contributed by atoms with E-state index >= 15 is 0 Å². The Bertz CT molecular complexity index is 489. The summed E-state index contributed by atoms with van der Waals surface area (Å²) in [7, 11) is 0. The van der Waals surface area contributed by atoms with Crippen LogP contribution in [0.25, 0.3) is 0 Å². The minimum atomic E-state index is -0.579. The number of ketones is 1. The summed E-state index contributed by atoms with van der Waals surface area (Å²) in [5, 5.41) is 3.06. The van der Waals surface area contributed by atoms with Gasteiger partial charge in [-0.1, -0.05) is 30.3 Å². The van der Waals surface area contributed by atoms with E-state index in [0.717, 1.165) is 12.8 Å². The molecule has 1 aromatic carbocycles. The van der Waals surface area contributed by atoms with Crippen molar-refractivity contribution in [3.63, 3.8) is 0 Å². The van der Waals surface area contributed by atoms with E-state index in [-0.39, 0.29) is 18.0 Å². The monoisotopic (exact) mass is 259 g/mol. The molecule has 1 saturated carbocycles. The first-order chi connectivity index (χ1) is 9.22. The zero-order valence-corrected chi connectivity index (χ0v) is 10.9. The van der Waals surface area contributed by atoms with E-state index in [1.807, 2.05) is 6.07 Å². The first-order valence-corrected chi connectivity index (χ1v) is 6.45. The fourth-order valence-electron chi connectivity index (χ4n) is 1.62. The van der Waals surface area contributed by atoms with Gasteiger partial charge in [0.2, 0.25) is 5.78 Å². The molecule has 2 rings (SSSR count). The van der Waals surface area contributed by atoms with Gasteiger partial charge in [-0.3, -0.25) is 4.79 Å². The van der Waals surface area contributed by atoms with Crippen LogP contribution >= 0.6 is 0 Å². The summed E-state index contributed by atoms with van der Waals surface area (Å²) in [5.74, 6) is -0.892. The van der Waals surface area contributed by atoms with Crippen LogP contribution in [0.2, 0.25) is 0 Å². The van der Waals surface area contributed by atoms with Crippen LogP contribution in [0.4, 0.5) is 0 Å². The van der Waals surface area contributed by atoms with Crippen LogP contribution in [0.3, 0.4) is 0 Å². The highest BCUT2D eigenvalue weighted by Gasteiger charge is 2.24. The molecule has 0 spiro atoms. The molecule has 1 N–H and O–H groups in total. The fraction of sp³-hybridized carbons (Fsp3) is 0.333. The highest BCUT2D eigenvalue weighted by molar-refractivity contribution is 6.24. The molecule has 1 aliphatic carbocycles. The van der Waals surface area contributed by atoms with Crippen molar-refractivity contribution in [3.8, 4) is 0 Å². The third kappa shape index (κ3) is 3.68. The Morgan fingerprint density at radius 1 is 1.32 bits per heavy atom. The molecule has 19 heavy (non-hydrogen) atoms. The van der Waals surface area contributed by atoms with Gasteiger partial charge in [-0.15, -0.1) is 0 Å². The van der Waals surface area contributed by atoms with Crippen molar-refractivity contribution in [2.24, 2.45) is 0 Å². The van der Waals surface area contributed by atoms with Gasteiger partial charge in [0.25, 0.3) is 0 Å². The number of rotatable bonds is 6. The van der Waals surface area contributed by atoms with E-state index in [4.69, 9.17) is 4.74 Å². The molecule has 0 bridgehead atoms. The second kappa shape index (κ2) is 6.18. The van der Waals surface area contributed by atoms with Crippen LogP contribution in [0.15, 0.2) is 42.1 Å². The SMILES string of the molecule is CCOC(=O)C(=CNC1CC1)C(=O)c1ccccc1. The van der Waals surface area contributed by atoms with E-state index < -0.39 is 5.97 Å². The molecular formula is C15H17NO3. The van der Waals surface area contributed by atoms with Crippen LogP contribution in [0, 0.1) is 0 Å². The Morgan fingerprint density at radius 2 is 2.00 bits per heavy atom. The summed E-state index contributed by atoms with van der Waals surface area (Å²) in [6.45, 7) is 1.97. The number of ether oxygens (including phenoxy) is 1. The number of benzene rings is 1. The van der Waals surface area contributed by atoms with Gasteiger partial charge in [0.05, 0.1) is 6.61 Å². The van der Waals surface area contributed by atoms with Gasteiger partial charge in [0.15, 0.2) is 0 Å². The summed E-state index contributed by atoms with van der Waals surface area (Å²) in [6, 6.07) is 9.12. The van der Waals surface area contributed by atoms with Crippen molar-refractivity contribution in [1.82, 2.24) is 5.32 Å². The third-order valence-electron chi connectivity index (χ3n) is 2.82. The number of nitrogens with one attached hydrogen (secondary N) is 1. The summed E-state index contributed by atoms with van der Waals surface area (Å²) in [4.78, 5) is 24.1.